The van der Waals surface area contributed by atoms with Crippen LogP contribution in [0.5, 0.6) is 5.75 Å². The van der Waals surface area contributed by atoms with E-state index in [9.17, 15) is 9.90 Å². The van der Waals surface area contributed by atoms with Crippen LogP contribution in [0.25, 0.3) is 0 Å². The van der Waals surface area contributed by atoms with Gasteiger partial charge < -0.3 is 5.11 Å². The van der Waals surface area contributed by atoms with Crippen molar-refractivity contribution in [1.82, 2.24) is 0 Å². The highest BCUT2D eigenvalue weighted by Crippen LogP contribution is 2.44. The van der Waals surface area contributed by atoms with E-state index in [2.05, 4.69) is 27.7 Å². The molecule has 1 N–H and O–H groups in total. The van der Waals surface area contributed by atoms with Gasteiger partial charge in [0.25, 0.3) is 0 Å². The highest BCUT2D eigenvalue weighted by atomic mass is 16.3. The molecular formula is C17H24O2. The molecule has 19 heavy (non-hydrogen) atoms. The Bertz CT molecular complexity index is 488. The van der Waals surface area contributed by atoms with E-state index in [4.69, 9.17) is 0 Å². The van der Waals surface area contributed by atoms with E-state index in [1.54, 1.807) is 6.07 Å². The molecule has 2 atom stereocenters. The van der Waals surface area contributed by atoms with Crippen molar-refractivity contribution in [1.29, 1.82) is 0 Å². The second-order valence-electron chi connectivity index (χ2n) is 6.59. The number of carbonyl (C=O) groups is 1. The molecule has 2 heteroatoms. The molecule has 2 rings (SSSR count). The number of ketones is 1. The first kappa shape index (κ1) is 14.1. The van der Waals surface area contributed by atoms with Crippen LogP contribution in [0.1, 0.15) is 51.2 Å². The van der Waals surface area contributed by atoms with E-state index < -0.39 is 0 Å². The highest BCUT2D eigenvalue weighted by Gasteiger charge is 2.38. The molecule has 0 saturated heterocycles. The molecule has 1 saturated carbocycles. The predicted molar refractivity (Wildman–Crippen MR) is 77.4 cm³/mol. The molecular weight excluding hydrogens is 236 g/mol. The first-order valence-corrected chi connectivity index (χ1v) is 7.14. The first-order valence-electron chi connectivity index (χ1n) is 7.14. The minimum absolute atomic E-state index is 0.0396. The van der Waals surface area contributed by atoms with E-state index in [1.165, 1.54) is 5.56 Å². The summed E-state index contributed by atoms with van der Waals surface area (Å²) >= 11 is 0. The summed E-state index contributed by atoms with van der Waals surface area (Å²) in [4.78, 5) is 11.6. The third kappa shape index (κ3) is 2.68. The zero-order valence-electron chi connectivity index (χ0n) is 12.4. The maximum absolute atomic E-state index is 11.6. The van der Waals surface area contributed by atoms with E-state index in [-0.39, 0.29) is 5.41 Å². The summed E-state index contributed by atoms with van der Waals surface area (Å²) < 4.78 is 0. The van der Waals surface area contributed by atoms with E-state index >= 15 is 0 Å². The van der Waals surface area contributed by atoms with Gasteiger partial charge in [0, 0.05) is 12.8 Å². The van der Waals surface area contributed by atoms with Gasteiger partial charge in [-0.2, -0.15) is 0 Å². The van der Waals surface area contributed by atoms with Crippen LogP contribution in [0.2, 0.25) is 0 Å². The van der Waals surface area contributed by atoms with Crippen LogP contribution in [-0.2, 0) is 10.2 Å². The Labute approximate surface area is 115 Å². The SMILES string of the molecule is Cc1cc(O)ccc1C(C)(C)C1CCC(=O)CC1C. The molecule has 1 aromatic carbocycles. The topological polar surface area (TPSA) is 37.3 Å². The number of phenols is 1. The lowest BCUT2D eigenvalue weighted by Crippen LogP contribution is -2.37. The number of Topliss-reactive ketones (excluding diaryl/α,β-unsaturated/α-hetero) is 1. The molecule has 0 bridgehead atoms. The Kier molecular flexibility index (Phi) is 3.71. The fraction of sp³-hybridized carbons (Fsp3) is 0.588. The van der Waals surface area contributed by atoms with Crippen molar-refractivity contribution in [3.8, 4) is 5.75 Å². The van der Waals surface area contributed by atoms with Gasteiger partial charge in [-0.15, -0.1) is 0 Å². The number of hydrogen-bond acceptors (Lipinski definition) is 2. The van der Waals surface area contributed by atoms with E-state index in [1.807, 2.05) is 12.1 Å². The quantitative estimate of drug-likeness (QED) is 0.873. The van der Waals surface area contributed by atoms with Crippen molar-refractivity contribution in [2.24, 2.45) is 11.8 Å². The number of aromatic hydroxyl groups is 1. The van der Waals surface area contributed by atoms with Crippen LogP contribution in [0.3, 0.4) is 0 Å². The Morgan fingerprint density at radius 3 is 2.58 bits per heavy atom. The van der Waals surface area contributed by atoms with Gasteiger partial charge in [-0.3, -0.25) is 4.79 Å². The second kappa shape index (κ2) is 4.99. The van der Waals surface area contributed by atoms with E-state index in [0.29, 0.717) is 29.8 Å². The lowest BCUT2D eigenvalue weighted by atomic mass is 9.62. The van der Waals surface area contributed by atoms with Crippen LogP contribution in [-0.4, -0.2) is 10.9 Å². The minimum atomic E-state index is 0.0396. The van der Waals surface area contributed by atoms with Crippen molar-refractivity contribution < 1.29 is 9.90 Å². The fourth-order valence-corrected chi connectivity index (χ4v) is 3.85. The zero-order chi connectivity index (χ0) is 14.2. The van der Waals surface area contributed by atoms with Gasteiger partial charge in [-0.05, 0) is 53.9 Å². The molecule has 0 aromatic heterocycles. The van der Waals surface area contributed by atoms with Gasteiger partial charge in [0.15, 0.2) is 0 Å². The zero-order valence-corrected chi connectivity index (χ0v) is 12.4. The normalized spacial score (nSPS) is 24.5. The smallest absolute Gasteiger partial charge is 0.133 e. The average molecular weight is 260 g/mol. The summed E-state index contributed by atoms with van der Waals surface area (Å²) in [5.41, 5.74) is 2.46. The number of benzene rings is 1. The van der Waals surface area contributed by atoms with Crippen LogP contribution in [0.15, 0.2) is 18.2 Å². The van der Waals surface area contributed by atoms with Crippen molar-refractivity contribution >= 4 is 5.78 Å². The summed E-state index contributed by atoms with van der Waals surface area (Å²) in [5, 5.41) is 9.56. The predicted octanol–water partition coefficient (Wildman–Crippen LogP) is 3.98. The second-order valence-corrected chi connectivity index (χ2v) is 6.59. The third-order valence-corrected chi connectivity index (χ3v) is 4.80. The molecule has 2 unspecified atom stereocenters. The summed E-state index contributed by atoms with van der Waals surface area (Å²) in [5.74, 6) is 1.68. The Morgan fingerprint density at radius 2 is 2.00 bits per heavy atom. The van der Waals surface area contributed by atoms with Crippen LogP contribution in [0.4, 0.5) is 0 Å². The first-order chi connectivity index (χ1) is 8.82. The van der Waals surface area contributed by atoms with Crippen molar-refractivity contribution in [2.45, 2.75) is 52.4 Å². The minimum Gasteiger partial charge on any atom is -0.508 e. The van der Waals surface area contributed by atoms with Crippen LogP contribution in [0, 0.1) is 18.8 Å². The summed E-state index contributed by atoms with van der Waals surface area (Å²) in [7, 11) is 0. The summed E-state index contributed by atoms with van der Waals surface area (Å²) in [6.07, 6.45) is 2.41. The number of rotatable bonds is 2. The fourth-order valence-electron chi connectivity index (χ4n) is 3.85. The molecule has 0 spiro atoms. The van der Waals surface area contributed by atoms with Crippen molar-refractivity contribution in [3.05, 3.63) is 29.3 Å². The molecule has 1 aliphatic carbocycles. The maximum atomic E-state index is 11.6. The lowest BCUT2D eigenvalue weighted by Gasteiger charge is -2.42. The Hall–Kier alpha value is -1.31. The van der Waals surface area contributed by atoms with Gasteiger partial charge in [-0.1, -0.05) is 26.8 Å². The number of phenolic OH excluding ortho intramolecular Hbond substituents is 1. The molecule has 1 aliphatic rings. The Morgan fingerprint density at radius 1 is 1.32 bits per heavy atom. The summed E-state index contributed by atoms with van der Waals surface area (Å²) in [6, 6.07) is 5.63. The largest absolute Gasteiger partial charge is 0.508 e. The molecule has 0 heterocycles. The van der Waals surface area contributed by atoms with Gasteiger partial charge in [0.05, 0.1) is 0 Å². The monoisotopic (exact) mass is 260 g/mol. The van der Waals surface area contributed by atoms with Gasteiger partial charge in [0.2, 0.25) is 0 Å². The molecule has 2 nitrogen and oxygen atoms in total. The highest BCUT2D eigenvalue weighted by molar-refractivity contribution is 5.79. The molecule has 0 aliphatic heterocycles. The molecule has 0 amide bonds. The van der Waals surface area contributed by atoms with Crippen molar-refractivity contribution in [3.63, 3.8) is 0 Å². The molecule has 1 aromatic rings. The third-order valence-electron chi connectivity index (χ3n) is 4.80. The molecule has 1 fully saturated rings. The van der Waals surface area contributed by atoms with Crippen LogP contribution < -0.4 is 0 Å². The molecule has 104 valence electrons. The number of carbonyl (C=O) groups excluding carboxylic acids is 1. The Balaban J connectivity index is 2.33. The van der Waals surface area contributed by atoms with E-state index in [0.717, 1.165) is 18.4 Å². The number of aryl methyl sites for hydroxylation is 1. The lowest BCUT2D eigenvalue weighted by molar-refractivity contribution is -0.123. The van der Waals surface area contributed by atoms with Crippen LogP contribution >= 0.6 is 0 Å². The maximum Gasteiger partial charge on any atom is 0.133 e. The van der Waals surface area contributed by atoms with Crippen molar-refractivity contribution in [2.75, 3.05) is 0 Å². The van der Waals surface area contributed by atoms with Gasteiger partial charge in [-0.25, -0.2) is 0 Å². The number of hydrogen-bond donors (Lipinski definition) is 1. The van der Waals surface area contributed by atoms with Gasteiger partial charge >= 0.3 is 0 Å². The molecule has 0 radical (unpaired) electrons. The summed E-state index contributed by atoms with van der Waals surface area (Å²) in [6.45, 7) is 8.78. The van der Waals surface area contributed by atoms with Gasteiger partial charge in [0.1, 0.15) is 11.5 Å². The standard InChI is InChI=1S/C17H24O2/c1-11-9-13(18)5-7-15(11)17(3,4)16-8-6-14(19)10-12(16)2/h5,7,9,12,16,18H,6,8,10H2,1-4H3. The average Bonchev–Trinajstić information content (AvgIpc) is 2.27.